The van der Waals surface area contributed by atoms with E-state index in [-0.39, 0.29) is 49.5 Å². The van der Waals surface area contributed by atoms with Crippen LogP contribution in [0.15, 0.2) is 36.9 Å². The van der Waals surface area contributed by atoms with E-state index in [1.54, 1.807) is 26.8 Å². The lowest BCUT2D eigenvalue weighted by Gasteiger charge is -2.29. The number of aromatic nitrogens is 2. The van der Waals surface area contributed by atoms with E-state index in [0.29, 0.717) is 38.1 Å². The van der Waals surface area contributed by atoms with E-state index in [4.69, 9.17) is 14.5 Å². The zero-order valence-electron chi connectivity index (χ0n) is 31.6. The number of fused-ring (bicyclic) bond motifs is 3. The summed E-state index contributed by atoms with van der Waals surface area (Å²) >= 11 is 0. The summed E-state index contributed by atoms with van der Waals surface area (Å²) in [6.45, 7) is 13.4. The molecule has 2 aromatic rings. The highest BCUT2D eigenvalue weighted by atomic mass is 32.2. The van der Waals surface area contributed by atoms with Crippen molar-refractivity contribution in [3.63, 3.8) is 0 Å². The SMILES string of the molecule is C=Cc1cccc2c1nc(O[C@@H]1C[C@H]3C(=O)C[C@]4(C(=O)NS(=O)(=O)C5CC5)C[C@@H]4/C=C\CCCCC[C@H](CC(=O)OC(C)(C)C)C(=O)N3C1)n2C(C)C. The normalized spacial score (nSPS) is 27.7. The van der Waals surface area contributed by atoms with Gasteiger partial charge in [0.2, 0.25) is 21.8 Å². The highest BCUT2D eigenvalue weighted by Gasteiger charge is 2.61. The highest BCUT2D eigenvalue weighted by Crippen LogP contribution is 2.57. The molecule has 2 aliphatic carbocycles. The van der Waals surface area contributed by atoms with Crippen molar-refractivity contribution in [3.05, 3.63) is 42.5 Å². The number of sulfonamides is 1. The summed E-state index contributed by atoms with van der Waals surface area (Å²) in [5.74, 6) is -2.83. The molecule has 12 nitrogen and oxygen atoms in total. The molecule has 1 N–H and O–H groups in total. The summed E-state index contributed by atoms with van der Waals surface area (Å²) in [7, 11) is -3.84. The number of hydrogen-bond donors (Lipinski definition) is 1. The monoisotopic (exact) mass is 750 g/mol. The molecule has 3 heterocycles. The van der Waals surface area contributed by atoms with Crippen LogP contribution in [-0.4, -0.2) is 76.0 Å². The van der Waals surface area contributed by atoms with E-state index in [0.717, 1.165) is 35.9 Å². The van der Waals surface area contributed by atoms with Gasteiger partial charge in [0.15, 0.2) is 5.78 Å². The van der Waals surface area contributed by atoms with Gasteiger partial charge >= 0.3 is 5.97 Å². The van der Waals surface area contributed by atoms with Crippen molar-refractivity contribution in [3.8, 4) is 6.01 Å². The number of ketones is 1. The molecule has 5 atom stereocenters. The largest absolute Gasteiger partial charge is 0.460 e. The molecule has 2 amide bonds. The number of benzene rings is 1. The minimum Gasteiger partial charge on any atom is -0.460 e. The molecular formula is C40H54N4O8S. The molecule has 288 valence electrons. The van der Waals surface area contributed by atoms with Crippen LogP contribution < -0.4 is 9.46 Å². The number of nitrogens with zero attached hydrogens (tertiary/aromatic N) is 3. The number of ether oxygens (including phenoxy) is 2. The molecule has 3 fully saturated rings. The maximum absolute atomic E-state index is 14.6. The molecule has 1 saturated heterocycles. The third-order valence-corrected chi connectivity index (χ3v) is 12.7. The van der Waals surface area contributed by atoms with Gasteiger partial charge in [-0.2, -0.15) is 4.98 Å². The van der Waals surface area contributed by atoms with E-state index in [9.17, 15) is 27.6 Å². The molecule has 2 aliphatic heterocycles. The highest BCUT2D eigenvalue weighted by molar-refractivity contribution is 7.90. The number of Topliss-reactive ketones (excluding diaryl/α,β-unsaturated/α-hetero) is 1. The Bertz CT molecular complexity index is 1910. The van der Waals surface area contributed by atoms with Crippen LogP contribution in [0.4, 0.5) is 0 Å². The van der Waals surface area contributed by atoms with Gasteiger partial charge in [-0.25, -0.2) is 8.42 Å². The lowest BCUT2D eigenvalue weighted by molar-refractivity contribution is -0.159. The maximum Gasteiger partial charge on any atom is 0.307 e. The molecule has 2 saturated carbocycles. The topological polar surface area (TPSA) is 154 Å². The number of nitrogens with one attached hydrogen (secondary N) is 1. The molecular weight excluding hydrogens is 697 g/mol. The summed E-state index contributed by atoms with van der Waals surface area (Å²) in [4.78, 5) is 62.4. The molecule has 6 rings (SSSR count). The maximum atomic E-state index is 14.6. The molecule has 0 bridgehead atoms. The Labute approximate surface area is 312 Å². The van der Waals surface area contributed by atoms with E-state index < -0.39 is 56.2 Å². The predicted molar refractivity (Wildman–Crippen MR) is 201 cm³/mol. The molecule has 0 spiro atoms. The van der Waals surface area contributed by atoms with E-state index in [1.165, 1.54) is 4.90 Å². The Morgan fingerprint density at radius 1 is 1.13 bits per heavy atom. The van der Waals surface area contributed by atoms with Crippen molar-refractivity contribution < 1.29 is 37.1 Å². The molecule has 4 aliphatic rings. The first-order valence-corrected chi connectivity index (χ1v) is 20.7. The second-order valence-electron chi connectivity index (χ2n) is 16.6. The first-order valence-electron chi connectivity index (χ1n) is 19.1. The van der Waals surface area contributed by atoms with Crippen LogP contribution in [0.3, 0.4) is 0 Å². The first kappa shape index (κ1) is 38.7. The number of rotatable bonds is 9. The van der Waals surface area contributed by atoms with Gasteiger partial charge in [0.1, 0.15) is 11.7 Å². The Balaban J connectivity index is 1.33. The van der Waals surface area contributed by atoms with Gasteiger partial charge < -0.3 is 14.4 Å². The zero-order valence-corrected chi connectivity index (χ0v) is 32.5. The van der Waals surface area contributed by atoms with Gasteiger partial charge in [0, 0.05) is 30.4 Å². The molecule has 0 radical (unpaired) electrons. The summed E-state index contributed by atoms with van der Waals surface area (Å²) < 4.78 is 42.2. The van der Waals surface area contributed by atoms with Gasteiger partial charge in [0.05, 0.1) is 40.7 Å². The number of hydrogen-bond acceptors (Lipinski definition) is 9. The van der Waals surface area contributed by atoms with E-state index in [1.807, 2.05) is 48.8 Å². The average molecular weight is 751 g/mol. The number of allylic oxidation sites excluding steroid dienone is 2. The summed E-state index contributed by atoms with van der Waals surface area (Å²) in [6.07, 6.45) is 9.79. The van der Waals surface area contributed by atoms with Crippen LogP contribution in [0.2, 0.25) is 0 Å². The lowest BCUT2D eigenvalue weighted by Crippen LogP contribution is -2.46. The van der Waals surface area contributed by atoms with Crippen LogP contribution in [0.25, 0.3) is 17.1 Å². The second-order valence-corrected chi connectivity index (χ2v) is 18.6. The van der Waals surface area contributed by atoms with E-state index >= 15 is 0 Å². The van der Waals surface area contributed by atoms with Crippen LogP contribution in [0, 0.1) is 17.3 Å². The second kappa shape index (κ2) is 15.0. The summed E-state index contributed by atoms with van der Waals surface area (Å²) in [5.41, 5.74) is 0.484. The van der Waals surface area contributed by atoms with Gasteiger partial charge in [-0.15, -0.1) is 0 Å². The number of esters is 1. The number of carbonyl (C=O) groups excluding carboxylic acids is 4. The van der Waals surface area contributed by atoms with Gasteiger partial charge in [-0.1, -0.05) is 49.8 Å². The summed E-state index contributed by atoms with van der Waals surface area (Å²) in [5, 5.41) is -0.589. The fraction of sp³-hybridized carbons (Fsp3) is 0.625. The fourth-order valence-corrected chi connectivity index (χ4v) is 9.30. The number of amides is 2. The Kier molecular flexibility index (Phi) is 11.0. The molecule has 53 heavy (non-hydrogen) atoms. The lowest BCUT2D eigenvalue weighted by atomic mass is 9.90. The minimum absolute atomic E-state index is 0.0199. The average Bonchev–Trinajstić information content (AvgIpc) is 3.97. The molecule has 13 heteroatoms. The fourth-order valence-electron chi connectivity index (χ4n) is 7.92. The van der Waals surface area contributed by atoms with Gasteiger partial charge in [-0.05, 0) is 85.1 Å². The van der Waals surface area contributed by atoms with Crippen LogP contribution in [0.5, 0.6) is 6.01 Å². The third kappa shape index (κ3) is 8.55. The number of imidazole rings is 1. The standard InChI is InChI=1S/C40H54N4O8S/c1-7-26-15-13-17-31-35(26)41-38(44(31)25(2)3)51-29-21-32-33(45)23-40(37(48)42-53(49,50)30-18-19-30)22-28(40)16-12-10-8-9-11-14-27(36(47)43(32)24-29)20-34(46)52-39(4,5)6/h7,12-13,15-17,25,27-30,32H,1,8-11,14,18-24H2,2-6H3,(H,42,48)/b16-12-/t27-,28+,29-,32+,40-/m1/s1. The van der Waals surface area contributed by atoms with E-state index in [2.05, 4.69) is 11.3 Å². The van der Waals surface area contributed by atoms with Crippen molar-refractivity contribution in [2.24, 2.45) is 17.3 Å². The van der Waals surface area contributed by atoms with Crippen molar-refractivity contribution >= 4 is 50.7 Å². The first-order chi connectivity index (χ1) is 25.0. The van der Waals surface area contributed by atoms with Gasteiger partial charge in [-0.3, -0.25) is 28.5 Å². The Morgan fingerprint density at radius 3 is 2.57 bits per heavy atom. The predicted octanol–water partition coefficient (Wildman–Crippen LogP) is 6.05. The molecule has 1 aromatic heterocycles. The summed E-state index contributed by atoms with van der Waals surface area (Å²) in [6, 6.07) is 5.20. The van der Waals surface area contributed by atoms with Crippen molar-refractivity contribution in [2.45, 2.75) is 134 Å². The Hall–Kier alpha value is -4.00. The van der Waals surface area contributed by atoms with Crippen LogP contribution in [-0.2, 0) is 33.9 Å². The Morgan fingerprint density at radius 2 is 1.89 bits per heavy atom. The van der Waals surface area contributed by atoms with Gasteiger partial charge in [0.25, 0.3) is 6.01 Å². The van der Waals surface area contributed by atoms with Crippen LogP contribution >= 0.6 is 0 Å². The third-order valence-electron chi connectivity index (χ3n) is 10.9. The minimum atomic E-state index is -3.84. The smallest absolute Gasteiger partial charge is 0.307 e. The molecule has 0 unspecified atom stereocenters. The van der Waals surface area contributed by atoms with Crippen molar-refractivity contribution in [1.29, 1.82) is 0 Å². The molecule has 1 aromatic carbocycles. The zero-order chi connectivity index (χ0) is 38.3. The number of para-hydroxylation sites is 1. The number of carbonyl (C=O) groups is 4. The van der Waals surface area contributed by atoms with Crippen LogP contribution in [0.1, 0.15) is 117 Å². The quantitative estimate of drug-likeness (QED) is 0.238. The van der Waals surface area contributed by atoms with Crippen molar-refractivity contribution in [1.82, 2.24) is 19.2 Å². The van der Waals surface area contributed by atoms with Crippen molar-refractivity contribution in [2.75, 3.05) is 6.54 Å².